The van der Waals surface area contributed by atoms with Crippen molar-refractivity contribution in [1.82, 2.24) is 4.90 Å². The van der Waals surface area contributed by atoms with Gasteiger partial charge in [-0.05, 0) is 41.2 Å². The third-order valence-electron chi connectivity index (χ3n) is 5.55. The summed E-state index contributed by atoms with van der Waals surface area (Å²) in [6.45, 7) is 6.73. The molecule has 0 bridgehead atoms. The summed E-state index contributed by atoms with van der Waals surface area (Å²) in [5.41, 5.74) is 7.08. The fourth-order valence-corrected chi connectivity index (χ4v) is 4.52. The minimum atomic E-state index is 0.386. The van der Waals surface area contributed by atoms with Crippen LogP contribution in [-0.2, 0) is 19.4 Å². The van der Waals surface area contributed by atoms with Gasteiger partial charge in [0.25, 0.3) is 0 Å². The second kappa shape index (κ2) is 6.57. The molecule has 25 heavy (non-hydrogen) atoms. The van der Waals surface area contributed by atoms with Crippen molar-refractivity contribution >= 4 is 0 Å². The molecule has 1 aliphatic heterocycles. The van der Waals surface area contributed by atoms with Gasteiger partial charge in [0.05, 0.1) is 14.2 Å². The predicted molar refractivity (Wildman–Crippen MR) is 101 cm³/mol. The first kappa shape index (κ1) is 16.2. The number of benzene rings is 2. The molecule has 0 amide bonds. The number of aryl methyl sites for hydroxylation is 2. The summed E-state index contributed by atoms with van der Waals surface area (Å²) >= 11 is 0. The van der Waals surface area contributed by atoms with E-state index < -0.39 is 0 Å². The van der Waals surface area contributed by atoms with Crippen LogP contribution in [0.15, 0.2) is 43.0 Å². The molecule has 0 spiro atoms. The number of nitrogens with zero attached hydrogens (tertiary/aromatic N) is 1. The smallest absolute Gasteiger partial charge is 0.165 e. The summed E-state index contributed by atoms with van der Waals surface area (Å²) in [5, 5.41) is 0. The second-order valence-corrected chi connectivity index (χ2v) is 6.90. The molecule has 2 aromatic carbocycles. The minimum absolute atomic E-state index is 0.386. The highest BCUT2D eigenvalue weighted by atomic mass is 16.5. The van der Waals surface area contributed by atoms with Gasteiger partial charge in [-0.15, -0.1) is 6.58 Å². The maximum Gasteiger partial charge on any atom is 0.165 e. The zero-order valence-electron chi connectivity index (χ0n) is 15.0. The number of methoxy groups -OCH3 is 2. The first-order valence-electron chi connectivity index (χ1n) is 8.94. The fourth-order valence-electron chi connectivity index (χ4n) is 4.52. The van der Waals surface area contributed by atoms with Gasteiger partial charge in [-0.25, -0.2) is 0 Å². The monoisotopic (exact) mass is 335 g/mol. The largest absolute Gasteiger partial charge is 0.493 e. The molecule has 0 fully saturated rings. The molecule has 0 aromatic heterocycles. The van der Waals surface area contributed by atoms with Crippen LogP contribution in [0.2, 0.25) is 0 Å². The molecule has 1 aliphatic carbocycles. The molecule has 1 heterocycles. The topological polar surface area (TPSA) is 21.7 Å². The van der Waals surface area contributed by atoms with Gasteiger partial charge >= 0.3 is 0 Å². The zero-order chi connectivity index (χ0) is 17.4. The van der Waals surface area contributed by atoms with Gasteiger partial charge in [0.2, 0.25) is 0 Å². The maximum absolute atomic E-state index is 5.78. The number of hydrogen-bond donors (Lipinski definition) is 0. The van der Waals surface area contributed by atoms with Crippen molar-refractivity contribution in [2.45, 2.75) is 25.3 Å². The van der Waals surface area contributed by atoms with Gasteiger partial charge in [0, 0.05) is 31.1 Å². The number of rotatable bonds is 4. The van der Waals surface area contributed by atoms with E-state index in [1.54, 1.807) is 14.2 Å². The van der Waals surface area contributed by atoms with Crippen molar-refractivity contribution in [2.24, 2.45) is 0 Å². The van der Waals surface area contributed by atoms with E-state index in [1.165, 1.54) is 27.8 Å². The van der Waals surface area contributed by atoms with Gasteiger partial charge in [-0.1, -0.05) is 30.3 Å². The molecule has 1 atom stereocenters. The molecule has 2 aromatic rings. The maximum atomic E-state index is 5.78. The molecule has 0 saturated heterocycles. The second-order valence-electron chi connectivity index (χ2n) is 6.90. The van der Waals surface area contributed by atoms with Crippen LogP contribution in [0.4, 0.5) is 0 Å². The van der Waals surface area contributed by atoms with Crippen molar-refractivity contribution in [3.05, 3.63) is 70.8 Å². The lowest BCUT2D eigenvalue weighted by molar-refractivity contribution is 0.256. The lowest BCUT2D eigenvalue weighted by Crippen LogP contribution is -2.35. The Morgan fingerprint density at radius 2 is 1.96 bits per heavy atom. The van der Waals surface area contributed by atoms with Gasteiger partial charge in [0.15, 0.2) is 11.5 Å². The van der Waals surface area contributed by atoms with Crippen molar-refractivity contribution in [1.29, 1.82) is 0 Å². The Morgan fingerprint density at radius 3 is 2.72 bits per heavy atom. The van der Waals surface area contributed by atoms with Gasteiger partial charge in [-0.3, -0.25) is 4.90 Å². The van der Waals surface area contributed by atoms with E-state index in [4.69, 9.17) is 9.47 Å². The quantitative estimate of drug-likeness (QED) is 0.790. The van der Waals surface area contributed by atoms with E-state index in [9.17, 15) is 0 Å². The molecular formula is C22H25NO2. The van der Waals surface area contributed by atoms with E-state index in [1.807, 2.05) is 6.08 Å². The van der Waals surface area contributed by atoms with Crippen molar-refractivity contribution in [3.63, 3.8) is 0 Å². The van der Waals surface area contributed by atoms with Crippen LogP contribution in [0, 0.1) is 0 Å². The standard InChI is InChI=1S/C22H25NO2/c1-4-11-23-13-18-17-8-6-5-7-15(17)9-10-16-12-20(24-2)22(25-3)19(14-23)21(16)18/h4-8,12,18H,1,9-11,13-14H2,2-3H3. The van der Waals surface area contributed by atoms with Crippen LogP contribution in [0.5, 0.6) is 11.5 Å². The summed E-state index contributed by atoms with van der Waals surface area (Å²) in [5.74, 6) is 2.12. The van der Waals surface area contributed by atoms with E-state index in [2.05, 4.69) is 41.8 Å². The number of fused-ring (bicyclic) bond motifs is 2. The molecule has 0 saturated carbocycles. The fraction of sp³-hybridized carbons (Fsp3) is 0.364. The average molecular weight is 335 g/mol. The van der Waals surface area contributed by atoms with Crippen LogP contribution in [0.25, 0.3) is 0 Å². The highest BCUT2D eigenvalue weighted by Crippen LogP contribution is 2.47. The molecule has 4 rings (SSSR count). The Balaban J connectivity index is 1.96. The van der Waals surface area contributed by atoms with Crippen molar-refractivity contribution in [3.8, 4) is 11.5 Å². The van der Waals surface area contributed by atoms with Crippen LogP contribution < -0.4 is 9.47 Å². The van der Waals surface area contributed by atoms with Gasteiger partial charge < -0.3 is 9.47 Å². The summed E-state index contributed by atoms with van der Waals surface area (Å²) in [6.07, 6.45) is 4.12. The Labute approximate surface area is 149 Å². The van der Waals surface area contributed by atoms with E-state index in [0.717, 1.165) is 44.0 Å². The summed E-state index contributed by atoms with van der Waals surface area (Å²) < 4.78 is 11.4. The minimum Gasteiger partial charge on any atom is -0.493 e. The molecular weight excluding hydrogens is 310 g/mol. The molecule has 130 valence electrons. The Morgan fingerprint density at radius 1 is 1.16 bits per heavy atom. The van der Waals surface area contributed by atoms with E-state index >= 15 is 0 Å². The highest BCUT2D eigenvalue weighted by Gasteiger charge is 2.34. The number of ether oxygens (including phenoxy) is 2. The number of hydrogen-bond acceptors (Lipinski definition) is 3. The molecule has 0 radical (unpaired) electrons. The molecule has 3 heteroatoms. The zero-order valence-corrected chi connectivity index (χ0v) is 15.0. The van der Waals surface area contributed by atoms with Crippen molar-refractivity contribution < 1.29 is 9.47 Å². The average Bonchev–Trinajstić information content (AvgIpc) is 2.80. The third kappa shape index (κ3) is 2.63. The van der Waals surface area contributed by atoms with Gasteiger partial charge in [0.1, 0.15) is 0 Å². The first-order valence-corrected chi connectivity index (χ1v) is 8.94. The Bertz CT molecular complexity index is 812. The predicted octanol–water partition coefficient (Wildman–Crippen LogP) is 3.94. The molecule has 1 unspecified atom stereocenters. The van der Waals surface area contributed by atoms with Gasteiger partial charge in [-0.2, -0.15) is 0 Å². The van der Waals surface area contributed by atoms with Crippen LogP contribution in [0.3, 0.4) is 0 Å². The Kier molecular flexibility index (Phi) is 4.26. The van der Waals surface area contributed by atoms with Crippen LogP contribution in [-0.4, -0.2) is 32.2 Å². The van der Waals surface area contributed by atoms with Crippen LogP contribution >= 0.6 is 0 Å². The highest BCUT2D eigenvalue weighted by molar-refractivity contribution is 5.60. The van der Waals surface area contributed by atoms with Crippen molar-refractivity contribution in [2.75, 3.05) is 27.3 Å². The summed E-state index contributed by atoms with van der Waals surface area (Å²) in [6, 6.07) is 11.1. The first-order chi connectivity index (χ1) is 12.3. The third-order valence-corrected chi connectivity index (χ3v) is 5.55. The molecule has 0 N–H and O–H groups in total. The van der Waals surface area contributed by atoms with E-state index in [-0.39, 0.29) is 0 Å². The Hall–Kier alpha value is -2.26. The molecule has 3 nitrogen and oxygen atoms in total. The SMILES string of the molecule is C=CCN1Cc2c(OC)c(OC)cc3c2C(C1)c1ccccc1CC3. The molecule has 2 aliphatic rings. The lowest BCUT2D eigenvalue weighted by Gasteiger charge is -2.36. The summed E-state index contributed by atoms with van der Waals surface area (Å²) in [7, 11) is 3.47. The normalized spacial score (nSPS) is 18.7. The van der Waals surface area contributed by atoms with E-state index in [0.29, 0.717) is 5.92 Å². The van der Waals surface area contributed by atoms with Crippen LogP contribution in [0.1, 0.15) is 33.7 Å². The lowest BCUT2D eigenvalue weighted by atomic mass is 9.81. The summed E-state index contributed by atoms with van der Waals surface area (Å²) in [4.78, 5) is 2.45.